The first-order valence-electron chi connectivity index (χ1n) is 11.4. The first-order valence-corrected chi connectivity index (χ1v) is 11.4. The Morgan fingerprint density at radius 2 is 1.91 bits per heavy atom. The molecule has 3 amide bonds. The zero-order valence-corrected chi connectivity index (χ0v) is 18.5. The molecule has 1 N–H and O–H groups in total. The molecule has 2 atom stereocenters. The fraction of sp³-hybridized carbons (Fsp3) is 0.391. The largest absolute Gasteiger partial charge is 0.449 e. The van der Waals surface area contributed by atoms with Crippen molar-refractivity contribution in [2.45, 2.75) is 44.3 Å². The van der Waals surface area contributed by atoms with Crippen LogP contribution in [0.1, 0.15) is 36.8 Å². The Hall–Kier alpha value is -3.83. The van der Waals surface area contributed by atoms with E-state index in [2.05, 4.69) is 15.4 Å². The maximum absolute atomic E-state index is 13.7. The van der Waals surface area contributed by atoms with Crippen LogP contribution in [0.4, 0.5) is 29.3 Å². The summed E-state index contributed by atoms with van der Waals surface area (Å²) in [7, 11) is 0. The highest BCUT2D eigenvalue weighted by molar-refractivity contribution is 5.97. The van der Waals surface area contributed by atoms with Gasteiger partial charge in [-0.3, -0.25) is 9.48 Å². The van der Waals surface area contributed by atoms with E-state index in [9.17, 15) is 22.8 Å². The number of aromatic nitrogens is 3. The summed E-state index contributed by atoms with van der Waals surface area (Å²) in [6.07, 6.45) is 6.80. The average molecular weight is 486 g/mol. The number of anilines is 2. The van der Waals surface area contributed by atoms with Crippen molar-refractivity contribution in [2.24, 2.45) is 5.92 Å². The Morgan fingerprint density at radius 3 is 2.60 bits per heavy atom. The summed E-state index contributed by atoms with van der Waals surface area (Å²) >= 11 is 0. The zero-order chi connectivity index (χ0) is 24.3. The SMILES string of the molecule is O=C1C[C@H](c2ncco2)CN1c1cnn2c1CN(C(=O)Nc1cc(F)c(F)c(F)c1)[C@H](C1CC1)C2. The Bertz CT molecular complexity index is 1280. The molecule has 0 bridgehead atoms. The maximum atomic E-state index is 13.7. The van der Waals surface area contributed by atoms with Gasteiger partial charge in [0.1, 0.15) is 6.26 Å². The van der Waals surface area contributed by atoms with Gasteiger partial charge in [0, 0.05) is 30.8 Å². The van der Waals surface area contributed by atoms with E-state index in [4.69, 9.17) is 4.42 Å². The zero-order valence-electron chi connectivity index (χ0n) is 18.5. The van der Waals surface area contributed by atoms with Crippen LogP contribution in [-0.2, 0) is 17.9 Å². The summed E-state index contributed by atoms with van der Waals surface area (Å²) in [5.74, 6) is -3.86. The van der Waals surface area contributed by atoms with E-state index in [0.717, 1.165) is 25.0 Å². The normalized spacial score (nSPS) is 22.0. The van der Waals surface area contributed by atoms with Crippen LogP contribution in [0, 0.1) is 23.4 Å². The van der Waals surface area contributed by atoms with Crippen LogP contribution in [0.3, 0.4) is 0 Å². The van der Waals surface area contributed by atoms with E-state index in [-0.39, 0.29) is 42.4 Å². The molecule has 4 heterocycles. The second-order valence-corrected chi connectivity index (χ2v) is 9.15. The van der Waals surface area contributed by atoms with Crippen LogP contribution in [0.25, 0.3) is 0 Å². The molecular weight excluding hydrogens is 465 g/mol. The van der Waals surface area contributed by atoms with Crippen molar-refractivity contribution >= 4 is 23.3 Å². The lowest BCUT2D eigenvalue weighted by atomic mass is 10.1. The molecule has 12 heteroatoms. The Labute approximate surface area is 197 Å². The molecule has 3 aliphatic rings. The number of nitrogens with one attached hydrogen (secondary N) is 1. The number of hydrogen-bond donors (Lipinski definition) is 1. The number of oxazole rings is 1. The van der Waals surface area contributed by atoms with E-state index in [1.807, 2.05) is 4.68 Å². The predicted octanol–water partition coefficient (Wildman–Crippen LogP) is 3.64. The molecule has 2 fully saturated rings. The highest BCUT2D eigenvalue weighted by atomic mass is 19.2. The molecule has 1 saturated heterocycles. The van der Waals surface area contributed by atoms with Gasteiger partial charge in [-0.25, -0.2) is 22.9 Å². The Balaban J connectivity index is 1.26. The minimum Gasteiger partial charge on any atom is -0.449 e. The number of carbonyl (C=O) groups is 2. The Morgan fingerprint density at radius 1 is 1.14 bits per heavy atom. The van der Waals surface area contributed by atoms with Crippen molar-refractivity contribution in [3.63, 3.8) is 0 Å². The van der Waals surface area contributed by atoms with Gasteiger partial charge in [0.05, 0.1) is 48.8 Å². The van der Waals surface area contributed by atoms with Gasteiger partial charge in [-0.1, -0.05) is 0 Å². The van der Waals surface area contributed by atoms with Crippen LogP contribution in [-0.4, -0.2) is 44.2 Å². The number of rotatable bonds is 4. The number of benzene rings is 1. The summed E-state index contributed by atoms with van der Waals surface area (Å²) in [5.41, 5.74) is 1.12. The number of fused-ring (bicyclic) bond motifs is 1. The van der Waals surface area contributed by atoms with Crippen molar-refractivity contribution in [3.8, 4) is 0 Å². The summed E-state index contributed by atoms with van der Waals surface area (Å²) in [6, 6.07) is 0.762. The molecule has 2 aromatic heterocycles. The predicted molar refractivity (Wildman–Crippen MR) is 116 cm³/mol. The number of nitrogens with zero attached hydrogens (tertiary/aromatic N) is 5. The number of carbonyl (C=O) groups excluding carboxylic acids is 2. The van der Waals surface area contributed by atoms with E-state index >= 15 is 0 Å². The van der Waals surface area contributed by atoms with Crippen LogP contribution < -0.4 is 10.2 Å². The highest BCUT2D eigenvalue weighted by Crippen LogP contribution is 2.41. The molecule has 0 radical (unpaired) electrons. The van der Waals surface area contributed by atoms with E-state index in [0.29, 0.717) is 30.4 Å². The summed E-state index contributed by atoms with van der Waals surface area (Å²) in [6.45, 7) is 0.969. The quantitative estimate of drug-likeness (QED) is 0.568. The van der Waals surface area contributed by atoms with Crippen LogP contribution >= 0.6 is 0 Å². The fourth-order valence-corrected chi connectivity index (χ4v) is 4.97. The molecule has 3 aromatic rings. The summed E-state index contributed by atoms with van der Waals surface area (Å²) in [5, 5.41) is 6.97. The second kappa shape index (κ2) is 8.14. The van der Waals surface area contributed by atoms with Gasteiger partial charge >= 0.3 is 6.03 Å². The molecule has 1 aromatic carbocycles. The number of urea groups is 1. The van der Waals surface area contributed by atoms with E-state index < -0.39 is 23.5 Å². The molecule has 1 saturated carbocycles. The highest BCUT2D eigenvalue weighted by Gasteiger charge is 2.43. The second-order valence-electron chi connectivity index (χ2n) is 9.15. The number of amides is 3. The topological polar surface area (TPSA) is 96.5 Å². The summed E-state index contributed by atoms with van der Waals surface area (Å²) < 4.78 is 47.8. The van der Waals surface area contributed by atoms with Gasteiger partial charge in [0.25, 0.3) is 0 Å². The van der Waals surface area contributed by atoms with Gasteiger partial charge in [-0.15, -0.1) is 0 Å². The molecule has 2 aliphatic heterocycles. The minimum absolute atomic E-state index is 0.0958. The first kappa shape index (κ1) is 21.7. The average Bonchev–Trinajstić information content (AvgIpc) is 3.20. The lowest BCUT2D eigenvalue weighted by molar-refractivity contribution is -0.117. The van der Waals surface area contributed by atoms with Crippen LogP contribution in [0.5, 0.6) is 0 Å². The maximum Gasteiger partial charge on any atom is 0.322 e. The van der Waals surface area contributed by atoms with Gasteiger partial charge in [0.15, 0.2) is 23.3 Å². The minimum atomic E-state index is -1.59. The molecular formula is C23H21F3N6O3. The third kappa shape index (κ3) is 3.82. The lowest BCUT2D eigenvalue weighted by Gasteiger charge is -2.37. The molecule has 1 aliphatic carbocycles. The van der Waals surface area contributed by atoms with Crippen molar-refractivity contribution in [3.05, 3.63) is 59.8 Å². The van der Waals surface area contributed by atoms with Gasteiger partial charge in [-0.05, 0) is 18.8 Å². The lowest BCUT2D eigenvalue weighted by Crippen LogP contribution is -2.49. The van der Waals surface area contributed by atoms with Crippen molar-refractivity contribution in [1.82, 2.24) is 19.7 Å². The van der Waals surface area contributed by atoms with Crippen LogP contribution in [0.15, 0.2) is 35.2 Å². The monoisotopic (exact) mass is 486 g/mol. The van der Waals surface area contributed by atoms with E-state index in [1.54, 1.807) is 16.0 Å². The summed E-state index contributed by atoms with van der Waals surface area (Å²) in [4.78, 5) is 33.4. The molecule has 9 nitrogen and oxygen atoms in total. The molecule has 0 unspecified atom stereocenters. The molecule has 6 rings (SSSR count). The first-order chi connectivity index (χ1) is 16.9. The fourth-order valence-electron chi connectivity index (χ4n) is 4.97. The molecule has 35 heavy (non-hydrogen) atoms. The molecule has 182 valence electrons. The number of halogens is 3. The standard InChI is InChI=1S/C23H21F3N6O3/c24-15-6-14(7-16(25)21(15)26)29-23(34)31-10-19-17(8-28-32(19)11-18(31)12-1-2-12)30-9-13(5-20(30)33)22-27-3-4-35-22/h3-4,6-8,12-13,18H,1-2,5,9-11H2,(H,29,34)/t13-,18-/m0/s1. The molecule has 0 spiro atoms. The van der Waals surface area contributed by atoms with Gasteiger partial charge in [-0.2, -0.15) is 5.10 Å². The van der Waals surface area contributed by atoms with Crippen molar-refractivity contribution in [2.75, 3.05) is 16.8 Å². The number of hydrogen-bond acceptors (Lipinski definition) is 5. The van der Waals surface area contributed by atoms with Crippen molar-refractivity contribution in [1.29, 1.82) is 0 Å². The smallest absolute Gasteiger partial charge is 0.322 e. The van der Waals surface area contributed by atoms with Crippen molar-refractivity contribution < 1.29 is 27.2 Å². The van der Waals surface area contributed by atoms with Gasteiger partial charge in [0.2, 0.25) is 5.91 Å². The third-order valence-corrected chi connectivity index (χ3v) is 6.89. The third-order valence-electron chi connectivity index (χ3n) is 6.89. The Kier molecular flexibility index (Phi) is 5.04. The van der Waals surface area contributed by atoms with Gasteiger partial charge < -0.3 is 19.5 Å². The van der Waals surface area contributed by atoms with E-state index in [1.165, 1.54) is 12.5 Å². The van der Waals surface area contributed by atoms with Crippen LogP contribution in [0.2, 0.25) is 0 Å².